The van der Waals surface area contributed by atoms with Crippen molar-refractivity contribution in [3.63, 3.8) is 0 Å². The highest BCUT2D eigenvalue weighted by atomic mass is 31.2. The molecule has 0 aliphatic carbocycles. The lowest BCUT2D eigenvalue weighted by molar-refractivity contribution is -0.870. The van der Waals surface area contributed by atoms with E-state index in [0.29, 0.717) is 17.4 Å². The molecular formula is C72H145NO8P+. The molecule has 0 aromatic rings. The predicted molar refractivity (Wildman–Crippen MR) is 354 cm³/mol. The molecule has 0 saturated carbocycles. The van der Waals surface area contributed by atoms with Crippen molar-refractivity contribution in [1.82, 2.24) is 0 Å². The third-order valence-electron chi connectivity index (χ3n) is 17.1. The number of phosphoric ester groups is 1. The molecule has 1 N–H and O–H groups in total. The van der Waals surface area contributed by atoms with Crippen molar-refractivity contribution in [2.45, 2.75) is 405 Å². The Labute approximate surface area is 512 Å². The molecule has 0 bridgehead atoms. The van der Waals surface area contributed by atoms with E-state index in [1.807, 2.05) is 21.1 Å². The molecule has 10 heteroatoms. The lowest BCUT2D eigenvalue weighted by Gasteiger charge is -2.24. The maximum Gasteiger partial charge on any atom is 0.472 e. The van der Waals surface area contributed by atoms with Gasteiger partial charge in [0.2, 0.25) is 0 Å². The normalized spacial score (nSPS) is 13.0. The van der Waals surface area contributed by atoms with Gasteiger partial charge in [-0.2, -0.15) is 0 Å². The minimum absolute atomic E-state index is 0.0377. The number of carbonyl (C=O) groups is 2. The van der Waals surface area contributed by atoms with Crippen LogP contribution in [0.15, 0.2) is 0 Å². The molecular weight excluding hydrogens is 1040 g/mol. The average molecular weight is 1180 g/mol. The summed E-state index contributed by atoms with van der Waals surface area (Å²) in [5.74, 6) is -0.767. The van der Waals surface area contributed by atoms with E-state index in [1.165, 1.54) is 334 Å². The van der Waals surface area contributed by atoms with E-state index < -0.39 is 26.5 Å². The molecule has 9 nitrogen and oxygen atoms in total. The summed E-state index contributed by atoms with van der Waals surface area (Å²) in [7, 11) is 1.51. The van der Waals surface area contributed by atoms with Gasteiger partial charge in [0.25, 0.3) is 0 Å². The summed E-state index contributed by atoms with van der Waals surface area (Å²) in [5, 5.41) is 0. The Morgan fingerprint density at radius 2 is 0.549 bits per heavy atom. The lowest BCUT2D eigenvalue weighted by atomic mass is 10.0. The van der Waals surface area contributed by atoms with Crippen molar-refractivity contribution >= 4 is 19.8 Å². The number of quaternary nitrogens is 1. The van der Waals surface area contributed by atoms with Crippen LogP contribution < -0.4 is 0 Å². The van der Waals surface area contributed by atoms with Crippen LogP contribution in [0.2, 0.25) is 0 Å². The van der Waals surface area contributed by atoms with Crippen molar-refractivity contribution < 1.29 is 42.1 Å². The van der Waals surface area contributed by atoms with Gasteiger partial charge in [-0.15, -0.1) is 0 Å². The lowest BCUT2D eigenvalue weighted by Crippen LogP contribution is -2.37. The van der Waals surface area contributed by atoms with Crippen LogP contribution in [0, 0.1) is 0 Å². The molecule has 0 saturated heterocycles. The zero-order valence-electron chi connectivity index (χ0n) is 56.0. The molecule has 0 amide bonds. The second-order valence-electron chi connectivity index (χ2n) is 26.7. The molecule has 0 heterocycles. The van der Waals surface area contributed by atoms with Crippen LogP contribution in [0.3, 0.4) is 0 Å². The van der Waals surface area contributed by atoms with E-state index in [1.54, 1.807) is 0 Å². The van der Waals surface area contributed by atoms with Crippen LogP contribution in [-0.2, 0) is 32.7 Å². The number of likely N-dealkylation sites (N-methyl/N-ethyl adjacent to an activating group) is 1. The highest BCUT2D eigenvalue weighted by molar-refractivity contribution is 7.47. The number of hydrogen-bond acceptors (Lipinski definition) is 7. The van der Waals surface area contributed by atoms with E-state index in [2.05, 4.69) is 13.8 Å². The first kappa shape index (κ1) is 81.0. The van der Waals surface area contributed by atoms with E-state index in [0.717, 1.165) is 38.5 Å². The largest absolute Gasteiger partial charge is 0.472 e. The van der Waals surface area contributed by atoms with Gasteiger partial charge in [-0.1, -0.05) is 373 Å². The Balaban J connectivity index is 3.91. The number of esters is 2. The highest BCUT2D eigenvalue weighted by Gasteiger charge is 2.27. The highest BCUT2D eigenvalue weighted by Crippen LogP contribution is 2.43. The van der Waals surface area contributed by atoms with E-state index in [4.69, 9.17) is 18.5 Å². The molecule has 0 aromatic heterocycles. The van der Waals surface area contributed by atoms with E-state index in [-0.39, 0.29) is 25.6 Å². The first-order valence-corrected chi connectivity index (χ1v) is 38.3. The maximum atomic E-state index is 12.9. The Bertz CT molecular complexity index is 1340. The predicted octanol–water partition coefficient (Wildman–Crippen LogP) is 23.7. The van der Waals surface area contributed by atoms with Gasteiger partial charge in [0.1, 0.15) is 19.8 Å². The third-order valence-corrected chi connectivity index (χ3v) is 18.1. The Morgan fingerprint density at radius 3 is 0.780 bits per heavy atom. The topological polar surface area (TPSA) is 108 Å². The number of phosphoric acid groups is 1. The molecule has 0 fully saturated rings. The number of hydrogen-bond donors (Lipinski definition) is 1. The first-order chi connectivity index (χ1) is 40.0. The fraction of sp³-hybridized carbons (Fsp3) is 0.972. The number of nitrogens with zero attached hydrogens (tertiary/aromatic N) is 1. The summed E-state index contributed by atoms with van der Waals surface area (Å²) in [4.78, 5) is 35.9. The zero-order chi connectivity index (χ0) is 59.8. The quantitative estimate of drug-likeness (QED) is 0.0278. The Hall–Kier alpha value is -0.990. The SMILES string of the molecule is CCCCCCCCCCCCCCCCCCCCCCCCCCCCCCCCCCCCCC(=O)OC(COC(=O)CCCCCCCCCCCCCCCCCCCCCCCCC)COP(=O)(O)OCC[N+](C)(C)C. The first-order valence-electron chi connectivity index (χ1n) is 36.8. The summed E-state index contributed by atoms with van der Waals surface area (Å²) in [6, 6.07) is 0. The second-order valence-corrected chi connectivity index (χ2v) is 28.2. The second kappa shape index (κ2) is 64.5. The average Bonchev–Trinajstić information content (AvgIpc) is 3.45. The summed E-state index contributed by atoms with van der Waals surface area (Å²) < 4.78 is 34.8. The van der Waals surface area contributed by atoms with E-state index >= 15 is 0 Å². The number of rotatable bonds is 70. The molecule has 0 aromatic carbocycles. The van der Waals surface area contributed by atoms with Gasteiger partial charge in [0.05, 0.1) is 27.7 Å². The van der Waals surface area contributed by atoms with Crippen molar-refractivity contribution in [2.24, 2.45) is 0 Å². The van der Waals surface area contributed by atoms with E-state index in [9.17, 15) is 19.0 Å². The molecule has 82 heavy (non-hydrogen) atoms. The number of unbranched alkanes of at least 4 members (excludes halogenated alkanes) is 56. The fourth-order valence-corrected chi connectivity index (χ4v) is 12.2. The summed E-state index contributed by atoms with van der Waals surface area (Å²) in [6.45, 7) is 4.53. The van der Waals surface area contributed by atoms with Gasteiger partial charge in [0.15, 0.2) is 6.10 Å². The zero-order valence-corrected chi connectivity index (χ0v) is 56.9. The Morgan fingerprint density at radius 1 is 0.329 bits per heavy atom. The summed E-state index contributed by atoms with van der Waals surface area (Å²) in [6.07, 6.45) is 78.1. The number of ether oxygens (including phenoxy) is 2. The van der Waals surface area contributed by atoms with Crippen LogP contribution >= 0.6 is 7.82 Å². The van der Waals surface area contributed by atoms with Crippen molar-refractivity contribution in [1.29, 1.82) is 0 Å². The summed E-state index contributed by atoms with van der Waals surface area (Å²) in [5.41, 5.74) is 0. The maximum absolute atomic E-state index is 12.9. The van der Waals surface area contributed by atoms with Gasteiger partial charge in [-0.25, -0.2) is 4.57 Å². The Kier molecular flexibility index (Phi) is 63.7. The minimum Gasteiger partial charge on any atom is -0.462 e. The van der Waals surface area contributed by atoms with Crippen molar-refractivity contribution in [3.05, 3.63) is 0 Å². The van der Waals surface area contributed by atoms with Gasteiger partial charge in [-0.3, -0.25) is 18.6 Å². The van der Waals surface area contributed by atoms with Crippen molar-refractivity contribution in [2.75, 3.05) is 47.5 Å². The third kappa shape index (κ3) is 68.1. The molecule has 0 spiro atoms. The van der Waals surface area contributed by atoms with Crippen LogP contribution in [0.4, 0.5) is 0 Å². The van der Waals surface area contributed by atoms with Crippen LogP contribution in [-0.4, -0.2) is 74.9 Å². The molecule has 0 aliphatic heterocycles. The van der Waals surface area contributed by atoms with Gasteiger partial charge in [0, 0.05) is 12.8 Å². The van der Waals surface area contributed by atoms with Gasteiger partial charge in [-0.05, 0) is 12.8 Å². The molecule has 0 rings (SSSR count). The van der Waals surface area contributed by atoms with Gasteiger partial charge >= 0.3 is 19.8 Å². The molecule has 2 unspecified atom stereocenters. The van der Waals surface area contributed by atoms with Crippen molar-refractivity contribution in [3.8, 4) is 0 Å². The summed E-state index contributed by atoms with van der Waals surface area (Å²) >= 11 is 0. The monoisotopic (exact) mass is 1180 g/mol. The number of carbonyl (C=O) groups excluding carboxylic acids is 2. The standard InChI is InChI=1S/C72H144NO8P/c1-6-8-10-12-14-16-18-20-22-24-26-28-30-31-32-33-34-35-36-37-38-39-40-41-43-45-47-49-51-53-55-57-59-61-63-65-72(75)81-70(69-80-82(76,77)79-67-66-73(3,4)5)68-78-71(74)64-62-60-58-56-54-52-50-48-46-44-42-29-27-25-23-21-19-17-15-13-11-9-7-2/h70H,6-69H2,1-5H3/p+1. The van der Waals surface area contributed by atoms with Crippen LogP contribution in [0.1, 0.15) is 399 Å². The molecule has 0 aliphatic rings. The molecule has 2 atom stereocenters. The fourth-order valence-electron chi connectivity index (χ4n) is 11.5. The molecule has 490 valence electrons. The molecule has 0 radical (unpaired) electrons. The smallest absolute Gasteiger partial charge is 0.462 e. The van der Waals surface area contributed by atoms with Crippen LogP contribution in [0.5, 0.6) is 0 Å². The van der Waals surface area contributed by atoms with Gasteiger partial charge < -0.3 is 18.9 Å². The minimum atomic E-state index is -4.38. The van der Waals surface area contributed by atoms with Crippen LogP contribution in [0.25, 0.3) is 0 Å².